The van der Waals surface area contributed by atoms with E-state index in [0.717, 1.165) is 38.0 Å². The first-order chi connectivity index (χ1) is 12.9. The highest BCUT2D eigenvalue weighted by atomic mass is 16.2. The number of aryl methyl sites for hydroxylation is 1. The minimum Gasteiger partial charge on any atom is -0.342 e. The summed E-state index contributed by atoms with van der Waals surface area (Å²) < 4.78 is 1.53. The van der Waals surface area contributed by atoms with Crippen LogP contribution >= 0.6 is 0 Å². The molecule has 0 radical (unpaired) electrons. The van der Waals surface area contributed by atoms with E-state index in [-0.39, 0.29) is 22.4 Å². The van der Waals surface area contributed by atoms with Crippen molar-refractivity contribution < 1.29 is 9.59 Å². The Morgan fingerprint density at radius 1 is 1.15 bits per heavy atom. The summed E-state index contributed by atoms with van der Waals surface area (Å²) in [6.07, 6.45) is 5.91. The van der Waals surface area contributed by atoms with Gasteiger partial charge in [-0.15, -0.1) is 0 Å². The quantitative estimate of drug-likeness (QED) is 0.816. The van der Waals surface area contributed by atoms with Gasteiger partial charge in [0, 0.05) is 45.3 Å². The van der Waals surface area contributed by atoms with E-state index in [9.17, 15) is 14.4 Å². The third-order valence-electron chi connectivity index (χ3n) is 6.82. The smallest absolute Gasteiger partial charge is 0.263 e. The number of amides is 2. The molecule has 6 heteroatoms. The number of hydrogen-bond acceptors (Lipinski definition) is 3. The topological polar surface area (TPSA) is 62.6 Å². The van der Waals surface area contributed by atoms with Crippen LogP contribution in [0, 0.1) is 18.3 Å². The highest BCUT2D eigenvalue weighted by Crippen LogP contribution is 2.41. The number of rotatable bonds is 3. The standard InChI is InChI=1S/C21H29N3O3/c1-15-3-6-17(19(26)22(15)2)20(27)23-11-9-21(10-12-23)8-7-18(25)24(14-21)13-16-4-5-16/h3,6,16H,4-5,7-14H2,1-2H3. The molecule has 0 N–H and O–H groups in total. The van der Waals surface area contributed by atoms with Crippen LogP contribution in [0.5, 0.6) is 0 Å². The third-order valence-corrected chi connectivity index (χ3v) is 6.82. The molecule has 0 unspecified atom stereocenters. The van der Waals surface area contributed by atoms with Crippen molar-refractivity contribution in [2.75, 3.05) is 26.2 Å². The molecular weight excluding hydrogens is 342 g/mol. The van der Waals surface area contributed by atoms with Gasteiger partial charge in [-0.25, -0.2) is 0 Å². The molecule has 1 aromatic rings. The summed E-state index contributed by atoms with van der Waals surface area (Å²) in [5, 5.41) is 0. The molecule has 2 amide bonds. The summed E-state index contributed by atoms with van der Waals surface area (Å²) in [6, 6.07) is 3.48. The monoisotopic (exact) mass is 371 g/mol. The molecule has 2 aliphatic heterocycles. The zero-order valence-electron chi connectivity index (χ0n) is 16.4. The van der Waals surface area contributed by atoms with Crippen molar-refractivity contribution in [1.82, 2.24) is 14.4 Å². The number of carbonyl (C=O) groups is 2. The number of likely N-dealkylation sites (tertiary alicyclic amines) is 2. The van der Waals surface area contributed by atoms with Gasteiger partial charge < -0.3 is 14.4 Å². The van der Waals surface area contributed by atoms with E-state index in [1.54, 1.807) is 13.1 Å². The number of hydrogen-bond donors (Lipinski definition) is 0. The van der Waals surface area contributed by atoms with E-state index in [2.05, 4.69) is 4.90 Å². The normalized spacial score (nSPS) is 22.4. The molecule has 3 aliphatic rings. The van der Waals surface area contributed by atoms with Crippen LogP contribution in [-0.2, 0) is 11.8 Å². The molecule has 2 saturated heterocycles. The lowest BCUT2D eigenvalue weighted by atomic mass is 9.72. The van der Waals surface area contributed by atoms with Gasteiger partial charge in [0.15, 0.2) is 0 Å². The Hall–Kier alpha value is -2.11. The fourth-order valence-electron chi connectivity index (χ4n) is 4.53. The Morgan fingerprint density at radius 2 is 1.85 bits per heavy atom. The number of aromatic nitrogens is 1. The lowest BCUT2D eigenvalue weighted by Gasteiger charge is -2.47. The van der Waals surface area contributed by atoms with E-state index < -0.39 is 0 Å². The maximum absolute atomic E-state index is 12.9. The largest absolute Gasteiger partial charge is 0.342 e. The highest BCUT2D eigenvalue weighted by Gasteiger charge is 2.43. The number of pyridine rings is 1. The van der Waals surface area contributed by atoms with Gasteiger partial charge in [0.05, 0.1) is 0 Å². The van der Waals surface area contributed by atoms with Crippen molar-refractivity contribution in [3.63, 3.8) is 0 Å². The number of carbonyl (C=O) groups excluding carboxylic acids is 2. The fraction of sp³-hybridized carbons (Fsp3) is 0.667. The van der Waals surface area contributed by atoms with Crippen LogP contribution in [0.25, 0.3) is 0 Å². The summed E-state index contributed by atoms with van der Waals surface area (Å²) in [7, 11) is 1.70. The Kier molecular flexibility index (Phi) is 4.60. The van der Waals surface area contributed by atoms with E-state index in [1.165, 1.54) is 17.4 Å². The van der Waals surface area contributed by atoms with Gasteiger partial charge in [-0.3, -0.25) is 14.4 Å². The number of piperidine rings is 2. The van der Waals surface area contributed by atoms with Crippen LogP contribution in [-0.4, -0.2) is 52.4 Å². The van der Waals surface area contributed by atoms with Crippen molar-refractivity contribution in [1.29, 1.82) is 0 Å². The lowest BCUT2D eigenvalue weighted by Crippen LogP contribution is -2.53. The van der Waals surface area contributed by atoms with Gasteiger partial charge in [0.1, 0.15) is 5.56 Å². The van der Waals surface area contributed by atoms with Crippen LogP contribution in [0.4, 0.5) is 0 Å². The zero-order valence-corrected chi connectivity index (χ0v) is 16.4. The van der Waals surface area contributed by atoms with Crippen LogP contribution in [0.2, 0.25) is 0 Å². The molecule has 1 spiro atoms. The van der Waals surface area contributed by atoms with Crippen LogP contribution in [0.1, 0.15) is 54.6 Å². The molecule has 27 heavy (non-hydrogen) atoms. The van der Waals surface area contributed by atoms with Gasteiger partial charge in [0.25, 0.3) is 11.5 Å². The molecule has 1 aromatic heterocycles. The molecule has 6 nitrogen and oxygen atoms in total. The minimum atomic E-state index is -0.223. The molecular formula is C21H29N3O3. The zero-order chi connectivity index (χ0) is 19.2. The van der Waals surface area contributed by atoms with Crippen molar-refractivity contribution in [3.05, 3.63) is 33.7 Å². The molecule has 1 aliphatic carbocycles. The Labute approximate surface area is 160 Å². The Bertz CT molecular complexity index is 816. The van der Waals surface area contributed by atoms with Crippen molar-refractivity contribution in [2.24, 2.45) is 18.4 Å². The maximum atomic E-state index is 12.9. The SMILES string of the molecule is Cc1ccc(C(=O)N2CCC3(CCC(=O)N(CC4CC4)C3)CC2)c(=O)n1C. The Balaban J connectivity index is 1.42. The van der Waals surface area contributed by atoms with E-state index in [0.29, 0.717) is 31.3 Å². The minimum absolute atomic E-state index is 0.151. The lowest BCUT2D eigenvalue weighted by molar-refractivity contribution is -0.139. The molecule has 0 bridgehead atoms. The van der Waals surface area contributed by atoms with Crippen LogP contribution in [0.3, 0.4) is 0 Å². The second kappa shape index (κ2) is 6.80. The second-order valence-electron chi connectivity index (χ2n) is 8.76. The second-order valence-corrected chi connectivity index (χ2v) is 8.76. The van der Waals surface area contributed by atoms with Crippen molar-refractivity contribution >= 4 is 11.8 Å². The van der Waals surface area contributed by atoms with Gasteiger partial charge in [0.2, 0.25) is 5.91 Å². The first-order valence-corrected chi connectivity index (χ1v) is 10.1. The van der Waals surface area contributed by atoms with Gasteiger partial charge in [-0.2, -0.15) is 0 Å². The summed E-state index contributed by atoms with van der Waals surface area (Å²) in [4.78, 5) is 41.5. The molecule has 0 atom stereocenters. The molecule has 1 saturated carbocycles. The van der Waals surface area contributed by atoms with Gasteiger partial charge >= 0.3 is 0 Å². The van der Waals surface area contributed by atoms with Gasteiger partial charge in [-0.1, -0.05) is 0 Å². The molecule has 4 rings (SSSR count). The van der Waals surface area contributed by atoms with E-state index in [1.807, 2.05) is 17.9 Å². The first-order valence-electron chi connectivity index (χ1n) is 10.1. The molecule has 3 heterocycles. The fourth-order valence-corrected chi connectivity index (χ4v) is 4.53. The van der Waals surface area contributed by atoms with Crippen molar-refractivity contribution in [3.8, 4) is 0 Å². The predicted molar refractivity (Wildman–Crippen MR) is 103 cm³/mol. The van der Waals surface area contributed by atoms with E-state index in [4.69, 9.17) is 0 Å². The first kappa shape index (κ1) is 18.3. The molecule has 3 fully saturated rings. The summed E-state index contributed by atoms with van der Waals surface area (Å²) in [6.45, 7) is 4.96. The average Bonchev–Trinajstić information content (AvgIpc) is 3.47. The number of nitrogens with zero attached hydrogens (tertiary/aromatic N) is 3. The Morgan fingerprint density at radius 3 is 2.52 bits per heavy atom. The predicted octanol–water partition coefficient (Wildman–Crippen LogP) is 1.95. The molecule has 146 valence electrons. The summed E-state index contributed by atoms with van der Waals surface area (Å²) in [5.41, 5.74) is 1.03. The van der Waals surface area contributed by atoms with Crippen molar-refractivity contribution in [2.45, 2.75) is 45.4 Å². The van der Waals surface area contributed by atoms with Crippen LogP contribution in [0.15, 0.2) is 16.9 Å². The molecule has 0 aromatic carbocycles. The maximum Gasteiger partial charge on any atom is 0.263 e. The summed E-state index contributed by atoms with van der Waals surface area (Å²) in [5.74, 6) is 0.852. The summed E-state index contributed by atoms with van der Waals surface area (Å²) >= 11 is 0. The highest BCUT2D eigenvalue weighted by molar-refractivity contribution is 5.94. The van der Waals surface area contributed by atoms with Crippen LogP contribution < -0.4 is 5.56 Å². The third kappa shape index (κ3) is 3.54. The average molecular weight is 371 g/mol. The van der Waals surface area contributed by atoms with Gasteiger partial charge in [-0.05, 0) is 62.5 Å². The van der Waals surface area contributed by atoms with E-state index >= 15 is 0 Å².